The highest BCUT2D eigenvalue weighted by molar-refractivity contribution is 9.10. The predicted octanol–water partition coefficient (Wildman–Crippen LogP) is 3.60. The monoisotopic (exact) mass is 317 g/mol. The molecule has 2 aromatic rings. The molecule has 3 rings (SSSR count). The molecule has 3 nitrogen and oxygen atoms in total. The van der Waals surface area contributed by atoms with E-state index in [1.54, 1.807) is 0 Å². The molecular formula is C15H16BrN3. The lowest BCUT2D eigenvalue weighted by atomic mass is 10.2. The number of anilines is 2. The van der Waals surface area contributed by atoms with Gasteiger partial charge in [0.25, 0.3) is 0 Å². The van der Waals surface area contributed by atoms with Gasteiger partial charge in [0.15, 0.2) is 0 Å². The van der Waals surface area contributed by atoms with Crippen molar-refractivity contribution in [1.29, 1.82) is 0 Å². The molecule has 1 aromatic carbocycles. The molecule has 1 heterocycles. The molecule has 0 radical (unpaired) electrons. The van der Waals surface area contributed by atoms with Gasteiger partial charge < -0.3 is 10.6 Å². The molecular weight excluding hydrogens is 302 g/mol. The third kappa shape index (κ3) is 3.07. The van der Waals surface area contributed by atoms with Crippen LogP contribution in [0, 0.1) is 0 Å². The van der Waals surface area contributed by atoms with E-state index in [2.05, 4.69) is 44.0 Å². The molecule has 2 N–H and O–H groups in total. The maximum atomic E-state index is 5.73. The van der Waals surface area contributed by atoms with Crippen LogP contribution in [-0.2, 0) is 6.54 Å². The standard InChI is InChI=1S/C15H16BrN3/c16-12-3-8-15(18-9-12)19(14-6-7-14)10-11-1-4-13(17)5-2-11/h1-5,8-9,14H,6-7,10,17H2. The fourth-order valence-corrected chi connectivity index (χ4v) is 2.38. The average Bonchev–Trinajstić information content (AvgIpc) is 3.24. The van der Waals surface area contributed by atoms with Crippen LogP contribution in [0.15, 0.2) is 47.1 Å². The molecule has 0 saturated heterocycles. The number of rotatable bonds is 4. The number of hydrogen-bond donors (Lipinski definition) is 1. The summed E-state index contributed by atoms with van der Waals surface area (Å²) >= 11 is 3.43. The Balaban J connectivity index is 1.81. The van der Waals surface area contributed by atoms with Gasteiger partial charge in [-0.3, -0.25) is 0 Å². The molecule has 0 spiro atoms. The van der Waals surface area contributed by atoms with E-state index in [4.69, 9.17) is 5.73 Å². The number of pyridine rings is 1. The number of nitrogens with two attached hydrogens (primary N) is 1. The van der Waals surface area contributed by atoms with Crippen molar-refractivity contribution >= 4 is 27.4 Å². The minimum Gasteiger partial charge on any atom is -0.399 e. The van der Waals surface area contributed by atoms with Gasteiger partial charge in [-0.25, -0.2) is 4.98 Å². The highest BCUT2D eigenvalue weighted by atomic mass is 79.9. The molecule has 1 aliphatic rings. The molecule has 0 aliphatic heterocycles. The lowest BCUT2D eigenvalue weighted by Gasteiger charge is -2.23. The molecule has 19 heavy (non-hydrogen) atoms. The van der Waals surface area contributed by atoms with E-state index in [1.165, 1.54) is 18.4 Å². The second-order valence-corrected chi connectivity index (χ2v) is 5.85. The topological polar surface area (TPSA) is 42.1 Å². The molecule has 0 unspecified atom stereocenters. The Labute approximate surface area is 121 Å². The average molecular weight is 318 g/mol. The van der Waals surface area contributed by atoms with E-state index in [0.29, 0.717) is 6.04 Å². The summed E-state index contributed by atoms with van der Waals surface area (Å²) in [4.78, 5) is 6.88. The lowest BCUT2D eigenvalue weighted by Crippen LogP contribution is -2.25. The molecule has 4 heteroatoms. The van der Waals surface area contributed by atoms with Crippen molar-refractivity contribution in [3.8, 4) is 0 Å². The second kappa shape index (κ2) is 5.21. The van der Waals surface area contributed by atoms with Crippen LogP contribution < -0.4 is 10.6 Å². The Kier molecular flexibility index (Phi) is 3.42. The summed E-state index contributed by atoms with van der Waals surface area (Å²) in [5.74, 6) is 1.04. The minimum atomic E-state index is 0.631. The molecule has 0 bridgehead atoms. The van der Waals surface area contributed by atoms with Gasteiger partial charge in [0.2, 0.25) is 0 Å². The van der Waals surface area contributed by atoms with Gasteiger partial charge in [0, 0.05) is 28.9 Å². The third-order valence-electron chi connectivity index (χ3n) is 3.33. The van der Waals surface area contributed by atoms with Crippen molar-refractivity contribution in [2.75, 3.05) is 10.6 Å². The Morgan fingerprint density at radius 2 is 1.89 bits per heavy atom. The largest absolute Gasteiger partial charge is 0.399 e. The summed E-state index contributed by atoms with van der Waals surface area (Å²) in [5, 5.41) is 0. The van der Waals surface area contributed by atoms with Gasteiger partial charge >= 0.3 is 0 Å². The van der Waals surface area contributed by atoms with Crippen molar-refractivity contribution in [2.45, 2.75) is 25.4 Å². The normalized spacial score (nSPS) is 14.4. The van der Waals surface area contributed by atoms with Crippen LogP contribution in [-0.4, -0.2) is 11.0 Å². The van der Waals surface area contributed by atoms with Gasteiger partial charge in [0.1, 0.15) is 5.82 Å². The van der Waals surface area contributed by atoms with Gasteiger partial charge in [-0.05, 0) is 58.6 Å². The highest BCUT2D eigenvalue weighted by Crippen LogP contribution is 2.32. The zero-order chi connectivity index (χ0) is 13.2. The zero-order valence-electron chi connectivity index (χ0n) is 10.6. The van der Waals surface area contributed by atoms with E-state index in [-0.39, 0.29) is 0 Å². The van der Waals surface area contributed by atoms with E-state index >= 15 is 0 Å². The Morgan fingerprint density at radius 1 is 1.16 bits per heavy atom. The molecule has 1 aromatic heterocycles. The van der Waals surface area contributed by atoms with E-state index in [9.17, 15) is 0 Å². The first-order chi connectivity index (χ1) is 9.22. The maximum Gasteiger partial charge on any atom is 0.129 e. The molecule has 0 atom stereocenters. The Morgan fingerprint density at radius 3 is 2.47 bits per heavy atom. The van der Waals surface area contributed by atoms with Crippen molar-refractivity contribution in [2.24, 2.45) is 0 Å². The first kappa shape index (κ1) is 12.5. The number of halogens is 1. The number of benzene rings is 1. The number of nitrogens with zero attached hydrogens (tertiary/aromatic N) is 2. The van der Waals surface area contributed by atoms with Crippen molar-refractivity contribution in [1.82, 2.24) is 4.98 Å². The molecule has 98 valence electrons. The molecule has 0 amide bonds. The quantitative estimate of drug-likeness (QED) is 0.876. The van der Waals surface area contributed by atoms with E-state index < -0.39 is 0 Å². The summed E-state index contributed by atoms with van der Waals surface area (Å²) in [6, 6.07) is 12.8. The van der Waals surface area contributed by atoms with Crippen LogP contribution in [0.2, 0.25) is 0 Å². The summed E-state index contributed by atoms with van der Waals surface area (Å²) in [5.41, 5.74) is 7.80. The Bertz CT molecular complexity index is 547. The van der Waals surface area contributed by atoms with Crippen LogP contribution in [0.25, 0.3) is 0 Å². The minimum absolute atomic E-state index is 0.631. The zero-order valence-corrected chi connectivity index (χ0v) is 12.2. The van der Waals surface area contributed by atoms with Gasteiger partial charge in [-0.1, -0.05) is 12.1 Å². The predicted molar refractivity (Wildman–Crippen MR) is 82.0 cm³/mol. The second-order valence-electron chi connectivity index (χ2n) is 4.94. The highest BCUT2D eigenvalue weighted by Gasteiger charge is 2.29. The van der Waals surface area contributed by atoms with Crippen molar-refractivity contribution in [3.63, 3.8) is 0 Å². The number of nitrogen functional groups attached to an aromatic ring is 1. The summed E-state index contributed by atoms with van der Waals surface area (Å²) in [7, 11) is 0. The maximum absolute atomic E-state index is 5.73. The van der Waals surface area contributed by atoms with E-state index in [0.717, 1.165) is 22.5 Å². The Hall–Kier alpha value is -1.55. The number of hydrogen-bond acceptors (Lipinski definition) is 3. The molecule has 1 saturated carbocycles. The lowest BCUT2D eigenvalue weighted by molar-refractivity contribution is 0.778. The number of aromatic nitrogens is 1. The van der Waals surface area contributed by atoms with E-state index in [1.807, 2.05) is 24.4 Å². The van der Waals surface area contributed by atoms with Crippen LogP contribution >= 0.6 is 15.9 Å². The summed E-state index contributed by atoms with van der Waals surface area (Å²) < 4.78 is 1.01. The fraction of sp³-hybridized carbons (Fsp3) is 0.267. The first-order valence-electron chi connectivity index (χ1n) is 6.45. The molecule has 1 fully saturated rings. The smallest absolute Gasteiger partial charge is 0.129 e. The SMILES string of the molecule is Nc1ccc(CN(c2ccc(Br)cn2)C2CC2)cc1. The van der Waals surface area contributed by atoms with Crippen LogP contribution in [0.3, 0.4) is 0 Å². The van der Waals surface area contributed by atoms with Gasteiger partial charge in [-0.2, -0.15) is 0 Å². The first-order valence-corrected chi connectivity index (χ1v) is 7.24. The third-order valence-corrected chi connectivity index (χ3v) is 3.80. The van der Waals surface area contributed by atoms with Crippen LogP contribution in [0.4, 0.5) is 11.5 Å². The van der Waals surface area contributed by atoms with Crippen LogP contribution in [0.1, 0.15) is 18.4 Å². The summed E-state index contributed by atoms with van der Waals surface area (Å²) in [6.45, 7) is 0.888. The summed E-state index contributed by atoms with van der Waals surface area (Å²) in [6.07, 6.45) is 4.37. The molecule has 1 aliphatic carbocycles. The van der Waals surface area contributed by atoms with Crippen LogP contribution in [0.5, 0.6) is 0 Å². The van der Waals surface area contributed by atoms with Crippen molar-refractivity contribution in [3.05, 3.63) is 52.6 Å². The fourth-order valence-electron chi connectivity index (χ4n) is 2.14. The van der Waals surface area contributed by atoms with Gasteiger partial charge in [0.05, 0.1) is 0 Å². The van der Waals surface area contributed by atoms with Crippen molar-refractivity contribution < 1.29 is 0 Å². The van der Waals surface area contributed by atoms with Gasteiger partial charge in [-0.15, -0.1) is 0 Å².